The summed E-state index contributed by atoms with van der Waals surface area (Å²) >= 11 is 4.78. The Morgan fingerprint density at radius 2 is 1.62 bits per heavy atom. The predicted molar refractivity (Wildman–Crippen MR) is 120 cm³/mol. The van der Waals surface area contributed by atoms with Crippen molar-refractivity contribution in [1.29, 1.82) is 0 Å². The molecule has 0 spiro atoms. The molecule has 3 heterocycles. The molecule has 7 heteroatoms. The maximum Gasteiger partial charge on any atom is 0.273 e. The Balaban J connectivity index is 1.44. The van der Waals surface area contributed by atoms with Gasteiger partial charge in [0.05, 0.1) is 13.1 Å². The van der Waals surface area contributed by atoms with Crippen molar-refractivity contribution in [2.24, 2.45) is 0 Å². The van der Waals surface area contributed by atoms with Gasteiger partial charge in [0.15, 0.2) is 0 Å². The zero-order valence-electron chi connectivity index (χ0n) is 15.9. The van der Waals surface area contributed by atoms with Gasteiger partial charge < -0.3 is 9.64 Å². The molecule has 4 rings (SSSR count). The van der Waals surface area contributed by atoms with Gasteiger partial charge in [0.2, 0.25) is 0 Å². The average Bonchev–Trinajstić information content (AvgIpc) is 3.49. The molecular weight excluding hydrogens is 420 g/mol. The van der Waals surface area contributed by atoms with E-state index in [0.29, 0.717) is 25.4 Å². The topological polar surface area (TPSA) is 42.4 Å². The molecule has 4 aromatic rings. The highest BCUT2D eigenvalue weighted by molar-refractivity contribution is 7.10. The van der Waals surface area contributed by atoms with Gasteiger partial charge in [-0.2, -0.15) is 0 Å². The SMILES string of the molecule is Cc1ccc(OCc2nc(C(=O)N(Cc3cccs3)Cc3cccs3)cs2)cc1. The summed E-state index contributed by atoms with van der Waals surface area (Å²) in [6.07, 6.45) is 0. The number of amides is 1. The van der Waals surface area contributed by atoms with Crippen LogP contribution in [0.4, 0.5) is 0 Å². The molecule has 3 aromatic heterocycles. The van der Waals surface area contributed by atoms with Crippen LogP contribution in [0.25, 0.3) is 0 Å². The first-order valence-corrected chi connectivity index (χ1v) is 11.8. The number of nitrogens with zero attached hydrogens (tertiary/aromatic N) is 2. The molecule has 0 N–H and O–H groups in total. The van der Waals surface area contributed by atoms with Crippen LogP contribution in [0.2, 0.25) is 0 Å². The summed E-state index contributed by atoms with van der Waals surface area (Å²) in [5, 5.41) is 6.69. The lowest BCUT2D eigenvalue weighted by molar-refractivity contribution is 0.0728. The Kier molecular flexibility index (Phi) is 6.39. The molecule has 1 aromatic carbocycles. The lowest BCUT2D eigenvalue weighted by Crippen LogP contribution is -2.29. The van der Waals surface area contributed by atoms with Crippen LogP contribution in [0.3, 0.4) is 0 Å². The molecule has 0 fully saturated rings. The Labute approximate surface area is 182 Å². The smallest absolute Gasteiger partial charge is 0.273 e. The van der Waals surface area contributed by atoms with E-state index in [0.717, 1.165) is 20.5 Å². The highest BCUT2D eigenvalue weighted by atomic mass is 32.1. The van der Waals surface area contributed by atoms with E-state index in [1.165, 1.54) is 16.9 Å². The summed E-state index contributed by atoms with van der Waals surface area (Å²) < 4.78 is 5.80. The summed E-state index contributed by atoms with van der Waals surface area (Å²) in [5.41, 5.74) is 1.67. The number of carbonyl (C=O) groups is 1. The average molecular weight is 441 g/mol. The molecule has 0 atom stereocenters. The number of thiophene rings is 2. The van der Waals surface area contributed by atoms with Crippen LogP contribution in [0.15, 0.2) is 64.7 Å². The zero-order valence-corrected chi connectivity index (χ0v) is 18.4. The molecule has 148 valence electrons. The first-order chi connectivity index (χ1) is 14.2. The van der Waals surface area contributed by atoms with Gasteiger partial charge >= 0.3 is 0 Å². The van der Waals surface area contributed by atoms with E-state index in [1.54, 1.807) is 22.7 Å². The first kappa shape index (κ1) is 19.8. The highest BCUT2D eigenvalue weighted by Gasteiger charge is 2.20. The van der Waals surface area contributed by atoms with E-state index in [1.807, 2.05) is 64.4 Å². The summed E-state index contributed by atoms with van der Waals surface area (Å²) in [5.74, 6) is 0.750. The number of thiazole rings is 1. The molecular formula is C22H20N2O2S3. The molecule has 0 unspecified atom stereocenters. The van der Waals surface area contributed by atoms with Crippen molar-refractivity contribution in [1.82, 2.24) is 9.88 Å². The third kappa shape index (κ3) is 5.32. The van der Waals surface area contributed by atoms with Gasteiger partial charge in [-0.1, -0.05) is 29.8 Å². The van der Waals surface area contributed by atoms with Crippen molar-refractivity contribution in [2.45, 2.75) is 26.6 Å². The Morgan fingerprint density at radius 1 is 0.966 bits per heavy atom. The molecule has 0 bridgehead atoms. The van der Waals surface area contributed by atoms with Gasteiger partial charge in [-0.25, -0.2) is 4.98 Å². The number of benzene rings is 1. The van der Waals surface area contributed by atoms with Gasteiger partial charge in [0.1, 0.15) is 23.1 Å². The molecule has 0 aliphatic heterocycles. The lowest BCUT2D eigenvalue weighted by Gasteiger charge is -2.20. The van der Waals surface area contributed by atoms with E-state index in [9.17, 15) is 4.79 Å². The number of carbonyl (C=O) groups excluding carboxylic acids is 1. The lowest BCUT2D eigenvalue weighted by atomic mass is 10.2. The molecule has 4 nitrogen and oxygen atoms in total. The molecule has 0 radical (unpaired) electrons. The van der Waals surface area contributed by atoms with Crippen molar-refractivity contribution >= 4 is 39.9 Å². The Bertz CT molecular complexity index is 1000. The number of aromatic nitrogens is 1. The number of rotatable bonds is 8. The largest absolute Gasteiger partial charge is 0.486 e. The van der Waals surface area contributed by atoms with Gasteiger partial charge in [0.25, 0.3) is 5.91 Å². The monoisotopic (exact) mass is 440 g/mol. The molecule has 1 amide bonds. The second-order valence-corrected chi connectivity index (χ2v) is 9.56. The first-order valence-electron chi connectivity index (χ1n) is 9.15. The highest BCUT2D eigenvalue weighted by Crippen LogP contribution is 2.21. The maximum absolute atomic E-state index is 13.2. The summed E-state index contributed by atoms with van der Waals surface area (Å²) in [6, 6.07) is 16.0. The van der Waals surface area contributed by atoms with E-state index in [4.69, 9.17) is 4.74 Å². The summed E-state index contributed by atoms with van der Waals surface area (Å²) in [6.45, 7) is 3.57. The van der Waals surface area contributed by atoms with Crippen molar-refractivity contribution in [3.8, 4) is 5.75 Å². The maximum atomic E-state index is 13.2. The standard InChI is InChI=1S/C22H20N2O2S3/c1-16-6-8-17(9-7-16)26-14-21-23-20(15-29-21)22(25)24(12-18-4-2-10-27-18)13-19-5-3-11-28-19/h2-11,15H,12-14H2,1H3. The minimum atomic E-state index is -0.0513. The van der Waals surface area contributed by atoms with Gasteiger partial charge in [0, 0.05) is 15.1 Å². The fraction of sp³-hybridized carbons (Fsp3) is 0.182. The molecule has 0 saturated carbocycles. The van der Waals surface area contributed by atoms with Crippen LogP contribution in [-0.4, -0.2) is 15.8 Å². The van der Waals surface area contributed by atoms with Crippen molar-refractivity contribution in [3.05, 3.63) is 90.7 Å². The van der Waals surface area contributed by atoms with E-state index >= 15 is 0 Å². The number of hydrogen-bond acceptors (Lipinski definition) is 6. The molecule has 0 saturated heterocycles. The van der Waals surface area contributed by atoms with Gasteiger partial charge in [-0.05, 0) is 41.9 Å². The minimum absolute atomic E-state index is 0.0513. The van der Waals surface area contributed by atoms with Gasteiger partial charge in [-0.3, -0.25) is 4.79 Å². The van der Waals surface area contributed by atoms with E-state index in [-0.39, 0.29) is 5.91 Å². The van der Waals surface area contributed by atoms with Crippen LogP contribution in [0.1, 0.15) is 30.8 Å². The van der Waals surface area contributed by atoms with Crippen LogP contribution >= 0.6 is 34.0 Å². The van der Waals surface area contributed by atoms with Crippen LogP contribution in [0.5, 0.6) is 5.75 Å². The Hall–Kier alpha value is -2.48. The van der Waals surface area contributed by atoms with E-state index < -0.39 is 0 Å². The van der Waals surface area contributed by atoms with Crippen molar-refractivity contribution in [3.63, 3.8) is 0 Å². The van der Waals surface area contributed by atoms with Crippen molar-refractivity contribution < 1.29 is 9.53 Å². The zero-order chi connectivity index (χ0) is 20.1. The fourth-order valence-corrected chi connectivity index (χ4v) is 4.92. The summed E-state index contributed by atoms with van der Waals surface area (Å²) in [7, 11) is 0. The second-order valence-electron chi connectivity index (χ2n) is 6.55. The van der Waals surface area contributed by atoms with Crippen LogP contribution in [-0.2, 0) is 19.7 Å². The van der Waals surface area contributed by atoms with Gasteiger partial charge in [-0.15, -0.1) is 34.0 Å². The number of hydrogen-bond donors (Lipinski definition) is 0. The number of ether oxygens (including phenoxy) is 1. The number of aryl methyl sites for hydroxylation is 1. The second kappa shape index (κ2) is 9.35. The quantitative estimate of drug-likeness (QED) is 0.338. The normalized spacial score (nSPS) is 10.8. The summed E-state index contributed by atoms with van der Waals surface area (Å²) in [4.78, 5) is 21.9. The Morgan fingerprint density at radius 3 is 2.21 bits per heavy atom. The molecule has 0 aliphatic carbocycles. The third-order valence-corrected chi connectivity index (χ3v) is 6.84. The van der Waals surface area contributed by atoms with E-state index in [2.05, 4.69) is 17.1 Å². The predicted octanol–water partition coefficient (Wildman–Crippen LogP) is 6.00. The van der Waals surface area contributed by atoms with Crippen molar-refractivity contribution in [2.75, 3.05) is 0 Å². The fourth-order valence-electron chi connectivity index (χ4n) is 2.80. The van der Waals surface area contributed by atoms with Crippen LogP contribution in [0, 0.1) is 6.92 Å². The third-order valence-electron chi connectivity index (χ3n) is 4.29. The van der Waals surface area contributed by atoms with Crippen LogP contribution < -0.4 is 4.74 Å². The minimum Gasteiger partial charge on any atom is -0.486 e. The molecule has 29 heavy (non-hydrogen) atoms. The molecule has 0 aliphatic rings.